The minimum Gasteiger partial charge on any atom is -0.469 e. The molecule has 1 aromatic carbocycles. The third-order valence-corrected chi connectivity index (χ3v) is 6.09. The summed E-state index contributed by atoms with van der Waals surface area (Å²) in [7, 11) is 1.27. The maximum Gasteiger partial charge on any atom is 0.424 e. The molecular weight excluding hydrogens is 397 g/mol. The lowest BCUT2D eigenvalue weighted by atomic mass is 9.94. The predicted octanol–water partition coefficient (Wildman–Crippen LogP) is 2.85. The highest BCUT2D eigenvalue weighted by molar-refractivity contribution is 7.18. The summed E-state index contributed by atoms with van der Waals surface area (Å²) >= 11 is 0.714. The molecule has 1 amide bonds. The zero-order valence-electron chi connectivity index (χ0n) is 15.0. The molecule has 152 valence electrons. The van der Waals surface area contributed by atoms with Crippen LogP contribution in [0.2, 0.25) is 0 Å². The van der Waals surface area contributed by atoms with Gasteiger partial charge in [0.05, 0.1) is 29.7 Å². The fourth-order valence-corrected chi connectivity index (χ4v) is 4.28. The van der Waals surface area contributed by atoms with Gasteiger partial charge in [-0.2, -0.15) is 13.2 Å². The summed E-state index contributed by atoms with van der Waals surface area (Å²) in [4.78, 5) is 29.2. The summed E-state index contributed by atoms with van der Waals surface area (Å²) in [5.74, 6) is -1.60. The molecule has 10 heteroatoms. The molecule has 0 saturated carbocycles. The van der Waals surface area contributed by atoms with E-state index in [0.717, 1.165) is 0 Å². The number of carbonyl (C=O) groups is 2. The van der Waals surface area contributed by atoms with Crippen molar-refractivity contribution in [2.24, 2.45) is 5.92 Å². The molecule has 1 atom stereocenters. The van der Waals surface area contributed by atoms with Gasteiger partial charge >= 0.3 is 12.1 Å². The first-order valence-electron chi connectivity index (χ1n) is 8.66. The number of aliphatic hydroxyl groups is 1. The van der Waals surface area contributed by atoms with Gasteiger partial charge in [-0.3, -0.25) is 9.59 Å². The molecule has 2 aromatic rings. The number of aromatic nitrogens is 1. The van der Waals surface area contributed by atoms with E-state index in [-0.39, 0.29) is 19.0 Å². The highest BCUT2D eigenvalue weighted by atomic mass is 32.1. The van der Waals surface area contributed by atoms with Crippen molar-refractivity contribution in [3.8, 4) is 0 Å². The average Bonchev–Trinajstić information content (AvgIpc) is 3.11. The number of piperidine rings is 1. The topological polar surface area (TPSA) is 79.7 Å². The van der Waals surface area contributed by atoms with Crippen LogP contribution in [0.25, 0.3) is 10.2 Å². The van der Waals surface area contributed by atoms with Crippen LogP contribution in [0.4, 0.5) is 13.2 Å². The number of methoxy groups -OCH3 is 1. The second-order valence-electron chi connectivity index (χ2n) is 6.70. The summed E-state index contributed by atoms with van der Waals surface area (Å²) in [6.07, 6.45) is -5.60. The van der Waals surface area contributed by atoms with E-state index < -0.39 is 35.1 Å². The number of amides is 1. The Morgan fingerprint density at radius 1 is 1.29 bits per heavy atom. The Bertz CT molecular complexity index is 844. The SMILES string of the molecule is COC(=O)C1CCN(C(=O)CC(O)(c2nc3ccccc3s2)C(F)(F)F)CC1. The van der Waals surface area contributed by atoms with Gasteiger partial charge in [0.15, 0.2) is 0 Å². The van der Waals surface area contributed by atoms with E-state index in [1.807, 2.05) is 0 Å². The Kier molecular flexibility index (Phi) is 5.62. The first-order chi connectivity index (χ1) is 13.2. The fourth-order valence-electron chi connectivity index (χ4n) is 3.21. The van der Waals surface area contributed by atoms with Crippen LogP contribution >= 0.6 is 11.3 Å². The number of esters is 1. The van der Waals surface area contributed by atoms with E-state index in [2.05, 4.69) is 9.72 Å². The van der Waals surface area contributed by atoms with Gasteiger partial charge in [0.25, 0.3) is 0 Å². The Labute approximate surface area is 162 Å². The predicted molar refractivity (Wildman–Crippen MR) is 95.5 cm³/mol. The monoisotopic (exact) mass is 416 g/mol. The lowest BCUT2D eigenvalue weighted by Crippen LogP contribution is -2.48. The smallest absolute Gasteiger partial charge is 0.424 e. The molecule has 1 aliphatic rings. The zero-order valence-corrected chi connectivity index (χ0v) is 15.8. The molecule has 2 heterocycles. The number of halogens is 3. The van der Waals surface area contributed by atoms with Gasteiger partial charge in [-0.25, -0.2) is 4.98 Å². The number of para-hydroxylation sites is 1. The molecule has 0 radical (unpaired) electrons. The lowest BCUT2D eigenvalue weighted by molar-refractivity contribution is -0.268. The van der Waals surface area contributed by atoms with Crippen molar-refractivity contribution in [3.63, 3.8) is 0 Å². The van der Waals surface area contributed by atoms with Crippen LogP contribution in [0, 0.1) is 5.92 Å². The van der Waals surface area contributed by atoms with Crippen molar-refractivity contribution >= 4 is 33.4 Å². The molecule has 28 heavy (non-hydrogen) atoms. The van der Waals surface area contributed by atoms with Gasteiger partial charge in [-0.15, -0.1) is 11.3 Å². The molecule has 1 fully saturated rings. The third kappa shape index (κ3) is 3.83. The van der Waals surface area contributed by atoms with Crippen molar-refractivity contribution in [2.45, 2.75) is 31.0 Å². The van der Waals surface area contributed by atoms with E-state index in [0.29, 0.717) is 34.4 Å². The van der Waals surface area contributed by atoms with Crippen molar-refractivity contribution in [1.29, 1.82) is 0 Å². The number of nitrogens with zero attached hydrogens (tertiary/aromatic N) is 2. The average molecular weight is 416 g/mol. The van der Waals surface area contributed by atoms with Gasteiger partial charge < -0.3 is 14.7 Å². The number of fused-ring (bicyclic) bond motifs is 1. The number of alkyl halides is 3. The van der Waals surface area contributed by atoms with Crippen molar-refractivity contribution in [3.05, 3.63) is 29.3 Å². The van der Waals surface area contributed by atoms with E-state index >= 15 is 0 Å². The number of carbonyl (C=O) groups excluding carboxylic acids is 2. The lowest BCUT2D eigenvalue weighted by Gasteiger charge is -2.34. The largest absolute Gasteiger partial charge is 0.469 e. The van der Waals surface area contributed by atoms with Crippen LogP contribution in [-0.2, 0) is 19.9 Å². The van der Waals surface area contributed by atoms with Gasteiger partial charge in [0.2, 0.25) is 11.5 Å². The number of benzene rings is 1. The summed E-state index contributed by atoms with van der Waals surface area (Å²) in [5.41, 5.74) is -3.04. The van der Waals surface area contributed by atoms with Gasteiger partial charge in [-0.05, 0) is 25.0 Å². The summed E-state index contributed by atoms with van der Waals surface area (Å²) in [6, 6.07) is 6.45. The Morgan fingerprint density at radius 2 is 1.93 bits per heavy atom. The molecule has 1 aromatic heterocycles. The van der Waals surface area contributed by atoms with E-state index in [9.17, 15) is 27.9 Å². The summed E-state index contributed by atoms with van der Waals surface area (Å²) in [6.45, 7) is 0.263. The van der Waals surface area contributed by atoms with Crippen molar-refractivity contribution < 1.29 is 32.6 Å². The molecule has 0 spiro atoms. The van der Waals surface area contributed by atoms with Crippen molar-refractivity contribution in [1.82, 2.24) is 9.88 Å². The number of hydrogen-bond donors (Lipinski definition) is 1. The molecule has 0 bridgehead atoms. The molecule has 1 N–H and O–H groups in total. The molecule has 1 aliphatic heterocycles. The maximum atomic E-state index is 13.7. The second kappa shape index (κ2) is 7.67. The fraction of sp³-hybridized carbons (Fsp3) is 0.500. The Morgan fingerprint density at radius 3 is 2.50 bits per heavy atom. The third-order valence-electron chi connectivity index (χ3n) is 4.91. The summed E-state index contributed by atoms with van der Waals surface area (Å²) < 4.78 is 46.4. The Hall–Kier alpha value is -2.20. The minimum absolute atomic E-state index is 0.131. The van der Waals surface area contributed by atoms with Crippen LogP contribution < -0.4 is 0 Å². The molecule has 3 rings (SSSR count). The van der Waals surface area contributed by atoms with Crippen LogP contribution in [-0.4, -0.2) is 53.2 Å². The number of rotatable bonds is 4. The van der Waals surface area contributed by atoms with Gasteiger partial charge in [0.1, 0.15) is 5.01 Å². The van der Waals surface area contributed by atoms with E-state index in [1.54, 1.807) is 24.3 Å². The van der Waals surface area contributed by atoms with Gasteiger partial charge in [-0.1, -0.05) is 12.1 Å². The quantitative estimate of drug-likeness (QED) is 0.776. The minimum atomic E-state index is -5.07. The maximum absolute atomic E-state index is 13.7. The molecule has 0 aliphatic carbocycles. The molecule has 6 nitrogen and oxygen atoms in total. The first-order valence-corrected chi connectivity index (χ1v) is 9.48. The van der Waals surface area contributed by atoms with Crippen LogP contribution in [0.3, 0.4) is 0 Å². The summed E-state index contributed by atoms with van der Waals surface area (Å²) in [5, 5.41) is 9.94. The molecule has 1 unspecified atom stereocenters. The van der Waals surface area contributed by atoms with E-state index in [4.69, 9.17) is 0 Å². The standard InChI is InChI=1S/C18H19F3N2O4S/c1-27-15(25)11-6-8-23(9-7-11)14(24)10-17(26,18(19,20)21)16-22-12-4-2-3-5-13(12)28-16/h2-5,11,26H,6-10H2,1H3. The second-order valence-corrected chi connectivity index (χ2v) is 7.73. The van der Waals surface area contributed by atoms with Crippen LogP contribution in [0.1, 0.15) is 24.3 Å². The molecular formula is C18H19F3N2O4S. The zero-order chi connectivity index (χ0) is 20.5. The Balaban J connectivity index is 1.79. The number of likely N-dealkylation sites (tertiary alicyclic amines) is 1. The number of thiazole rings is 1. The van der Waals surface area contributed by atoms with Crippen LogP contribution in [0.5, 0.6) is 0 Å². The van der Waals surface area contributed by atoms with E-state index in [1.165, 1.54) is 12.0 Å². The number of ether oxygens (including phenoxy) is 1. The normalized spacial score (nSPS) is 18.1. The molecule has 1 saturated heterocycles. The highest BCUT2D eigenvalue weighted by Gasteiger charge is 2.58. The highest BCUT2D eigenvalue weighted by Crippen LogP contribution is 2.44. The van der Waals surface area contributed by atoms with Crippen LogP contribution in [0.15, 0.2) is 24.3 Å². The number of hydrogen-bond acceptors (Lipinski definition) is 6. The van der Waals surface area contributed by atoms with Crippen molar-refractivity contribution in [2.75, 3.05) is 20.2 Å². The first kappa shape index (κ1) is 20.5. The van der Waals surface area contributed by atoms with Gasteiger partial charge in [0, 0.05) is 13.1 Å².